The van der Waals surface area contributed by atoms with Crippen LogP contribution in [-0.4, -0.2) is 12.6 Å². The van der Waals surface area contributed by atoms with E-state index in [-0.39, 0.29) is 5.54 Å². The number of benzene rings is 3. The Kier molecular flexibility index (Phi) is 5.96. The van der Waals surface area contributed by atoms with Gasteiger partial charge in [-0.2, -0.15) is 0 Å². The highest BCUT2D eigenvalue weighted by molar-refractivity contribution is 6.30. The fraction of sp³-hybridized carbons (Fsp3) is 0.286. The van der Waals surface area contributed by atoms with Crippen LogP contribution in [0.15, 0.2) is 54.6 Å². The maximum absolute atomic E-state index is 6.36. The van der Waals surface area contributed by atoms with Crippen LogP contribution in [0.5, 0.6) is 11.5 Å². The van der Waals surface area contributed by atoms with Crippen LogP contribution < -0.4 is 14.8 Å². The average Bonchev–Trinajstić information content (AvgIpc) is 2.73. The molecule has 0 saturated heterocycles. The lowest BCUT2D eigenvalue weighted by atomic mass is 9.85. The molecule has 4 heteroatoms. The quantitative estimate of drug-likeness (QED) is 0.432. The summed E-state index contributed by atoms with van der Waals surface area (Å²) in [5.74, 6) is 1.64. The number of fused-ring (bicyclic) bond motifs is 1. The molecule has 0 fully saturated rings. The number of aryl methyl sites for hydroxylation is 2. The molecule has 1 aliphatic heterocycles. The number of ether oxygens (including phenoxy) is 2. The van der Waals surface area contributed by atoms with E-state index in [9.17, 15) is 0 Å². The van der Waals surface area contributed by atoms with Gasteiger partial charge in [0.15, 0.2) is 0 Å². The number of allylic oxidation sites excluding steroid dienone is 1. The zero-order valence-electron chi connectivity index (χ0n) is 19.6. The summed E-state index contributed by atoms with van der Waals surface area (Å²) in [6.45, 7) is 11.1. The molecule has 0 aliphatic carbocycles. The van der Waals surface area contributed by atoms with Crippen LogP contribution in [0.4, 0.5) is 5.69 Å². The van der Waals surface area contributed by atoms with Gasteiger partial charge in [0.25, 0.3) is 0 Å². The summed E-state index contributed by atoms with van der Waals surface area (Å²) in [5.41, 5.74) is 8.97. The topological polar surface area (TPSA) is 30.5 Å². The van der Waals surface area contributed by atoms with Crippen molar-refractivity contribution in [2.24, 2.45) is 0 Å². The maximum Gasteiger partial charge on any atom is 0.126 e. The second kappa shape index (κ2) is 8.55. The number of halogens is 1. The maximum atomic E-state index is 6.36. The van der Waals surface area contributed by atoms with Gasteiger partial charge in [-0.05, 0) is 81.7 Å². The number of hydrogen-bond acceptors (Lipinski definition) is 3. The molecule has 3 nitrogen and oxygen atoms in total. The molecule has 0 unspecified atom stereocenters. The Hall–Kier alpha value is -2.91. The van der Waals surface area contributed by atoms with Crippen molar-refractivity contribution in [3.8, 4) is 22.6 Å². The van der Waals surface area contributed by atoms with Crippen molar-refractivity contribution in [1.82, 2.24) is 0 Å². The zero-order chi connectivity index (χ0) is 23.0. The van der Waals surface area contributed by atoms with Crippen molar-refractivity contribution in [2.45, 2.75) is 46.8 Å². The number of rotatable bonds is 5. The molecule has 3 aromatic rings. The van der Waals surface area contributed by atoms with Gasteiger partial charge >= 0.3 is 0 Å². The Morgan fingerprint density at radius 3 is 2.44 bits per heavy atom. The molecule has 1 heterocycles. The van der Waals surface area contributed by atoms with Crippen LogP contribution in [-0.2, 0) is 6.61 Å². The lowest BCUT2D eigenvalue weighted by molar-refractivity contribution is 0.304. The Morgan fingerprint density at radius 1 is 0.906 bits per heavy atom. The molecule has 0 bridgehead atoms. The van der Waals surface area contributed by atoms with Gasteiger partial charge in [-0.25, -0.2) is 0 Å². The Morgan fingerprint density at radius 2 is 1.69 bits per heavy atom. The lowest BCUT2D eigenvalue weighted by Gasteiger charge is -2.33. The van der Waals surface area contributed by atoms with Crippen LogP contribution >= 0.6 is 11.6 Å². The fourth-order valence-electron chi connectivity index (χ4n) is 4.51. The van der Waals surface area contributed by atoms with Gasteiger partial charge in [-0.15, -0.1) is 0 Å². The largest absolute Gasteiger partial charge is 0.496 e. The summed E-state index contributed by atoms with van der Waals surface area (Å²) in [5, 5.41) is 4.33. The third kappa shape index (κ3) is 4.35. The van der Waals surface area contributed by atoms with Crippen LogP contribution in [0, 0.1) is 13.8 Å². The van der Waals surface area contributed by atoms with Crippen molar-refractivity contribution in [3.63, 3.8) is 0 Å². The van der Waals surface area contributed by atoms with Crippen LogP contribution in [0.3, 0.4) is 0 Å². The first-order valence-electron chi connectivity index (χ1n) is 10.9. The normalized spacial score (nSPS) is 14.3. The molecule has 0 spiro atoms. The first kappa shape index (κ1) is 22.3. The molecule has 1 aliphatic rings. The minimum atomic E-state index is -0.110. The van der Waals surface area contributed by atoms with Crippen LogP contribution in [0.25, 0.3) is 16.7 Å². The number of anilines is 1. The second-order valence-electron chi connectivity index (χ2n) is 9.09. The van der Waals surface area contributed by atoms with Crippen molar-refractivity contribution >= 4 is 22.9 Å². The standard InChI is InChI=1S/C28H30ClNO2/c1-17-7-12-25(31-6)22(13-17)21-10-11-24-27(19(3)15-28(4,5)30-24)23(21)16-32-26-14-20(29)9-8-18(26)2/h7-15,30H,16H2,1-6H3. The Balaban J connectivity index is 1.89. The molecule has 0 atom stereocenters. The Labute approximate surface area is 196 Å². The predicted molar refractivity (Wildman–Crippen MR) is 135 cm³/mol. The fourth-order valence-corrected chi connectivity index (χ4v) is 4.68. The molecular formula is C28H30ClNO2. The van der Waals surface area contributed by atoms with E-state index in [2.05, 4.69) is 63.4 Å². The summed E-state index contributed by atoms with van der Waals surface area (Å²) in [7, 11) is 1.72. The number of methoxy groups -OCH3 is 1. The molecular weight excluding hydrogens is 418 g/mol. The lowest BCUT2D eigenvalue weighted by Crippen LogP contribution is -2.32. The molecule has 0 aromatic heterocycles. The smallest absolute Gasteiger partial charge is 0.126 e. The number of hydrogen-bond donors (Lipinski definition) is 1. The second-order valence-corrected chi connectivity index (χ2v) is 9.53. The minimum absolute atomic E-state index is 0.110. The highest BCUT2D eigenvalue weighted by atomic mass is 35.5. The molecule has 3 aromatic carbocycles. The summed E-state index contributed by atoms with van der Waals surface area (Å²) >= 11 is 6.24. The van der Waals surface area contributed by atoms with E-state index in [1.165, 1.54) is 16.7 Å². The molecule has 0 radical (unpaired) electrons. The Bertz CT molecular complexity index is 1210. The SMILES string of the molecule is COc1ccc(C)cc1-c1ccc2c(c1COc1cc(Cl)ccc1C)C(C)=CC(C)(C)N2. The van der Waals surface area contributed by atoms with Crippen molar-refractivity contribution in [3.05, 3.63) is 81.9 Å². The van der Waals surface area contributed by atoms with Crippen LogP contribution in [0.1, 0.15) is 43.0 Å². The van der Waals surface area contributed by atoms with E-state index < -0.39 is 0 Å². The zero-order valence-corrected chi connectivity index (χ0v) is 20.4. The third-order valence-corrected chi connectivity index (χ3v) is 6.14. The first-order valence-corrected chi connectivity index (χ1v) is 11.2. The molecule has 166 valence electrons. The van der Waals surface area contributed by atoms with Gasteiger partial charge in [0.2, 0.25) is 0 Å². The highest BCUT2D eigenvalue weighted by Crippen LogP contribution is 2.43. The molecule has 32 heavy (non-hydrogen) atoms. The summed E-state index contributed by atoms with van der Waals surface area (Å²) in [4.78, 5) is 0. The monoisotopic (exact) mass is 447 g/mol. The molecule has 0 saturated carbocycles. The van der Waals surface area contributed by atoms with Crippen molar-refractivity contribution < 1.29 is 9.47 Å². The van der Waals surface area contributed by atoms with Crippen molar-refractivity contribution in [1.29, 1.82) is 0 Å². The number of nitrogens with one attached hydrogen (secondary N) is 1. The highest BCUT2D eigenvalue weighted by Gasteiger charge is 2.27. The average molecular weight is 448 g/mol. The van der Waals surface area contributed by atoms with Gasteiger partial charge in [-0.3, -0.25) is 0 Å². The van der Waals surface area contributed by atoms with Gasteiger partial charge in [0.1, 0.15) is 18.1 Å². The summed E-state index contributed by atoms with van der Waals surface area (Å²) in [6.07, 6.45) is 2.28. The van der Waals surface area contributed by atoms with Gasteiger partial charge in [-0.1, -0.05) is 41.4 Å². The van der Waals surface area contributed by atoms with E-state index in [4.69, 9.17) is 21.1 Å². The predicted octanol–water partition coefficient (Wildman–Crippen LogP) is 7.82. The van der Waals surface area contributed by atoms with Gasteiger partial charge in [0.05, 0.1) is 12.6 Å². The van der Waals surface area contributed by atoms with E-state index in [0.29, 0.717) is 11.6 Å². The first-order chi connectivity index (χ1) is 15.2. The molecule has 4 rings (SSSR count). The van der Waals surface area contributed by atoms with E-state index in [1.807, 2.05) is 31.2 Å². The third-order valence-electron chi connectivity index (χ3n) is 5.91. The molecule has 0 amide bonds. The summed E-state index contributed by atoms with van der Waals surface area (Å²) < 4.78 is 12.1. The van der Waals surface area contributed by atoms with Gasteiger partial charge in [0, 0.05) is 27.4 Å². The minimum Gasteiger partial charge on any atom is -0.496 e. The van der Waals surface area contributed by atoms with E-state index in [0.717, 1.165) is 39.4 Å². The van der Waals surface area contributed by atoms with Crippen molar-refractivity contribution in [2.75, 3.05) is 12.4 Å². The molecule has 1 N–H and O–H groups in total. The van der Waals surface area contributed by atoms with E-state index in [1.54, 1.807) is 7.11 Å². The van der Waals surface area contributed by atoms with Crippen LogP contribution in [0.2, 0.25) is 5.02 Å². The summed E-state index contributed by atoms with van der Waals surface area (Å²) in [6, 6.07) is 16.4. The van der Waals surface area contributed by atoms with Gasteiger partial charge < -0.3 is 14.8 Å². The van der Waals surface area contributed by atoms with E-state index >= 15 is 0 Å².